The van der Waals surface area contributed by atoms with Crippen LogP contribution in [-0.2, 0) is 11.2 Å². The van der Waals surface area contributed by atoms with Gasteiger partial charge in [-0.3, -0.25) is 4.79 Å². The minimum absolute atomic E-state index is 0.0347. The summed E-state index contributed by atoms with van der Waals surface area (Å²) in [5.74, 6) is 0.0347. The van der Waals surface area contributed by atoms with E-state index in [2.05, 4.69) is 10.3 Å². The van der Waals surface area contributed by atoms with Crippen molar-refractivity contribution in [2.45, 2.75) is 12.5 Å². The Morgan fingerprint density at radius 3 is 2.73 bits per heavy atom. The van der Waals surface area contributed by atoms with Gasteiger partial charge in [-0.05, 0) is 23.3 Å². The van der Waals surface area contributed by atoms with Crippen LogP contribution in [0, 0.1) is 0 Å². The smallest absolute Gasteiger partial charge is 0.168 e. The van der Waals surface area contributed by atoms with E-state index < -0.39 is 0 Å². The summed E-state index contributed by atoms with van der Waals surface area (Å²) in [6.45, 7) is 2.46. The summed E-state index contributed by atoms with van der Waals surface area (Å²) < 4.78 is 5.72. The maximum atomic E-state index is 12.2. The number of rotatable bonds is 4. The number of hydrogen-bond donors (Lipinski definition) is 1. The first-order valence-corrected chi connectivity index (χ1v) is 7.66. The van der Waals surface area contributed by atoms with Crippen molar-refractivity contribution < 1.29 is 9.53 Å². The maximum absolute atomic E-state index is 12.2. The number of Topliss-reactive ketones (excluding diaryl/α,β-unsaturated/α-hetero) is 1. The number of benzene rings is 1. The van der Waals surface area contributed by atoms with Crippen molar-refractivity contribution in [3.8, 4) is 0 Å². The second kappa shape index (κ2) is 7.01. The van der Waals surface area contributed by atoms with Crippen LogP contribution in [0.3, 0.4) is 0 Å². The number of carbonyl (C=O) groups is 1. The number of carbonyl (C=O) groups excluding carboxylic acids is 1. The number of pyridine rings is 1. The highest BCUT2D eigenvalue weighted by Crippen LogP contribution is 2.19. The van der Waals surface area contributed by atoms with Crippen LogP contribution in [0.4, 0.5) is 0 Å². The molecule has 3 rings (SSSR count). The summed E-state index contributed by atoms with van der Waals surface area (Å²) >= 11 is 5.73. The molecule has 1 N–H and O–H groups in total. The van der Waals surface area contributed by atoms with Crippen molar-refractivity contribution in [2.24, 2.45) is 0 Å². The summed E-state index contributed by atoms with van der Waals surface area (Å²) in [5, 5.41) is 3.70. The highest BCUT2D eigenvalue weighted by atomic mass is 35.5. The second-order valence-corrected chi connectivity index (χ2v) is 5.66. The molecule has 1 atom stereocenters. The number of ketones is 1. The van der Waals surface area contributed by atoms with Gasteiger partial charge in [-0.25, -0.2) is 4.98 Å². The van der Waals surface area contributed by atoms with Gasteiger partial charge in [0.15, 0.2) is 5.78 Å². The zero-order chi connectivity index (χ0) is 15.4. The normalized spacial score (nSPS) is 18.1. The number of halogens is 1. The fraction of sp³-hybridized carbons (Fsp3) is 0.294. The number of aromatic nitrogens is 1. The largest absolute Gasteiger partial charge is 0.371 e. The predicted octanol–water partition coefficient (Wildman–Crippen LogP) is 2.82. The number of morpholine rings is 1. The molecular formula is C17H17ClN2O2. The molecule has 2 aromatic rings. The molecule has 1 saturated heterocycles. The Kier molecular flexibility index (Phi) is 4.83. The van der Waals surface area contributed by atoms with Gasteiger partial charge in [-0.2, -0.15) is 0 Å². The molecule has 0 spiro atoms. The van der Waals surface area contributed by atoms with Crippen LogP contribution in [0.5, 0.6) is 0 Å². The Labute approximate surface area is 134 Å². The van der Waals surface area contributed by atoms with E-state index in [9.17, 15) is 4.79 Å². The van der Waals surface area contributed by atoms with Gasteiger partial charge in [0.2, 0.25) is 0 Å². The van der Waals surface area contributed by atoms with Crippen molar-refractivity contribution in [2.75, 3.05) is 19.7 Å². The Bertz CT molecular complexity index is 635. The number of nitrogens with one attached hydrogen (secondary N) is 1. The van der Waals surface area contributed by atoms with Crippen molar-refractivity contribution in [1.29, 1.82) is 0 Å². The molecule has 1 aromatic heterocycles. The lowest BCUT2D eigenvalue weighted by Gasteiger charge is -2.24. The predicted molar refractivity (Wildman–Crippen MR) is 85.3 cm³/mol. The number of ether oxygens (including phenoxy) is 1. The molecule has 114 valence electrons. The molecule has 0 aliphatic carbocycles. The molecule has 0 amide bonds. The van der Waals surface area contributed by atoms with Gasteiger partial charge >= 0.3 is 0 Å². The molecule has 22 heavy (non-hydrogen) atoms. The number of hydrogen-bond acceptors (Lipinski definition) is 4. The quantitative estimate of drug-likeness (QED) is 0.696. The van der Waals surface area contributed by atoms with Crippen molar-refractivity contribution >= 4 is 17.4 Å². The van der Waals surface area contributed by atoms with Gasteiger partial charge in [0, 0.05) is 31.3 Å². The van der Waals surface area contributed by atoms with Gasteiger partial charge in [-0.1, -0.05) is 35.9 Å². The SMILES string of the molecule is O=C(Cc1ccc([C@H]2CNCCO2)cc1)c1ccc(Cl)nc1. The van der Waals surface area contributed by atoms with Gasteiger partial charge in [-0.15, -0.1) is 0 Å². The molecule has 1 aromatic carbocycles. The van der Waals surface area contributed by atoms with Crippen LogP contribution in [0.2, 0.25) is 5.15 Å². The van der Waals surface area contributed by atoms with Crippen LogP contribution in [0.1, 0.15) is 27.6 Å². The summed E-state index contributed by atoms with van der Waals surface area (Å²) in [6, 6.07) is 11.3. The van der Waals surface area contributed by atoms with Crippen LogP contribution < -0.4 is 5.32 Å². The van der Waals surface area contributed by atoms with Gasteiger partial charge in [0.25, 0.3) is 0 Å². The minimum atomic E-state index is 0.0347. The van der Waals surface area contributed by atoms with Crippen molar-refractivity contribution in [3.05, 3.63) is 64.4 Å². The first-order valence-electron chi connectivity index (χ1n) is 7.28. The lowest BCUT2D eigenvalue weighted by molar-refractivity contribution is 0.0277. The summed E-state index contributed by atoms with van der Waals surface area (Å²) in [5.41, 5.74) is 2.69. The Morgan fingerprint density at radius 2 is 2.09 bits per heavy atom. The fourth-order valence-corrected chi connectivity index (χ4v) is 2.57. The standard InChI is InChI=1S/C17H17ClN2O2/c18-17-6-5-14(10-20-17)15(21)9-12-1-3-13(4-2-12)16-11-19-7-8-22-16/h1-6,10,16,19H,7-9,11H2/t16-/m1/s1. The summed E-state index contributed by atoms with van der Waals surface area (Å²) in [6.07, 6.45) is 1.97. The van der Waals surface area contributed by atoms with E-state index in [1.54, 1.807) is 12.1 Å². The monoisotopic (exact) mass is 316 g/mol. The lowest BCUT2D eigenvalue weighted by Crippen LogP contribution is -2.33. The minimum Gasteiger partial charge on any atom is -0.371 e. The van der Waals surface area contributed by atoms with E-state index in [4.69, 9.17) is 16.3 Å². The first kappa shape index (κ1) is 15.2. The fourth-order valence-electron chi connectivity index (χ4n) is 2.46. The Balaban J connectivity index is 1.65. The van der Waals surface area contributed by atoms with Gasteiger partial charge < -0.3 is 10.1 Å². The van der Waals surface area contributed by atoms with E-state index in [-0.39, 0.29) is 11.9 Å². The third kappa shape index (κ3) is 3.71. The van der Waals surface area contributed by atoms with E-state index in [1.807, 2.05) is 24.3 Å². The highest BCUT2D eigenvalue weighted by molar-refractivity contribution is 6.29. The Hall–Kier alpha value is -1.75. The maximum Gasteiger partial charge on any atom is 0.168 e. The van der Waals surface area contributed by atoms with Crippen LogP contribution in [0.25, 0.3) is 0 Å². The first-order chi connectivity index (χ1) is 10.7. The third-order valence-corrected chi connectivity index (χ3v) is 3.92. The molecule has 0 bridgehead atoms. The molecular weight excluding hydrogens is 300 g/mol. The topological polar surface area (TPSA) is 51.2 Å². The summed E-state index contributed by atoms with van der Waals surface area (Å²) in [4.78, 5) is 16.1. The van der Waals surface area contributed by atoms with Crippen LogP contribution >= 0.6 is 11.6 Å². The molecule has 1 aliphatic heterocycles. The van der Waals surface area contributed by atoms with Gasteiger partial charge in [0.1, 0.15) is 5.15 Å². The molecule has 4 nitrogen and oxygen atoms in total. The zero-order valence-corrected chi connectivity index (χ0v) is 12.8. The molecule has 0 unspecified atom stereocenters. The summed E-state index contributed by atoms with van der Waals surface area (Å²) in [7, 11) is 0. The molecule has 2 heterocycles. The third-order valence-electron chi connectivity index (χ3n) is 3.69. The van der Waals surface area contributed by atoms with Crippen molar-refractivity contribution in [1.82, 2.24) is 10.3 Å². The Morgan fingerprint density at radius 1 is 1.27 bits per heavy atom. The lowest BCUT2D eigenvalue weighted by atomic mass is 10.0. The van der Waals surface area contributed by atoms with Crippen LogP contribution in [-0.4, -0.2) is 30.5 Å². The molecule has 0 radical (unpaired) electrons. The van der Waals surface area contributed by atoms with Crippen molar-refractivity contribution in [3.63, 3.8) is 0 Å². The average molecular weight is 317 g/mol. The number of nitrogens with zero attached hydrogens (tertiary/aromatic N) is 1. The van der Waals surface area contributed by atoms with E-state index in [0.29, 0.717) is 17.1 Å². The highest BCUT2D eigenvalue weighted by Gasteiger charge is 2.15. The van der Waals surface area contributed by atoms with Gasteiger partial charge in [0.05, 0.1) is 12.7 Å². The second-order valence-electron chi connectivity index (χ2n) is 5.27. The molecule has 5 heteroatoms. The molecule has 1 fully saturated rings. The van der Waals surface area contributed by atoms with E-state index in [0.717, 1.165) is 30.8 Å². The van der Waals surface area contributed by atoms with Crippen LogP contribution in [0.15, 0.2) is 42.6 Å². The molecule has 0 saturated carbocycles. The van der Waals surface area contributed by atoms with E-state index in [1.165, 1.54) is 6.20 Å². The zero-order valence-electron chi connectivity index (χ0n) is 12.1. The average Bonchev–Trinajstić information content (AvgIpc) is 2.57. The van der Waals surface area contributed by atoms with E-state index >= 15 is 0 Å². The molecule has 1 aliphatic rings.